The highest BCUT2D eigenvalue weighted by Crippen LogP contribution is 2.42. The first-order valence-corrected chi connectivity index (χ1v) is 11.6. The highest BCUT2D eigenvalue weighted by molar-refractivity contribution is 7.89. The molecule has 9 heteroatoms. The third-order valence-electron chi connectivity index (χ3n) is 5.59. The average molecular weight is 432 g/mol. The summed E-state index contributed by atoms with van der Waals surface area (Å²) in [4.78, 5) is 29.0. The molecule has 3 aliphatic heterocycles. The predicted molar refractivity (Wildman–Crippen MR) is 110 cm³/mol. The van der Waals surface area contributed by atoms with Crippen molar-refractivity contribution in [1.29, 1.82) is 0 Å². The Hall–Kier alpha value is -1.38. The second kappa shape index (κ2) is 9.41. The lowest BCUT2D eigenvalue weighted by Gasteiger charge is -2.24. The van der Waals surface area contributed by atoms with Crippen LogP contribution in [0.4, 0.5) is 0 Å². The normalized spacial score (nSPS) is 25.8. The zero-order valence-corrected chi connectivity index (χ0v) is 18.2. The van der Waals surface area contributed by atoms with E-state index in [2.05, 4.69) is 4.90 Å². The molecule has 28 heavy (non-hydrogen) atoms. The Morgan fingerprint density at radius 2 is 1.93 bits per heavy atom. The fourth-order valence-corrected chi connectivity index (χ4v) is 5.31. The summed E-state index contributed by atoms with van der Waals surface area (Å²) in [5.41, 5.74) is 0.443. The van der Waals surface area contributed by atoms with E-state index in [-0.39, 0.29) is 36.1 Å². The van der Waals surface area contributed by atoms with Crippen molar-refractivity contribution in [2.75, 3.05) is 32.4 Å². The number of carbonyl (C=O) groups is 2. The lowest BCUT2D eigenvalue weighted by molar-refractivity contribution is -0.129. The lowest BCUT2D eigenvalue weighted by atomic mass is 9.91. The molecule has 2 atom stereocenters. The number of fused-ring (bicyclic) bond motifs is 1. The van der Waals surface area contributed by atoms with Gasteiger partial charge >= 0.3 is 0 Å². The van der Waals surface area contributed by atoms with Crippen LogP contribution < -0.4 is 0 Å². The summed E-state index contributed by atoms with van der Waals surface area (Å²) in [5.74, 6) is -1.12. The largest absolute Gasteiger partial charge is 0.313 e. The van der Waals surface area contributed by atoms with Gasteiger partial charge in [-0.25, -0.2) is 12.7 Å². The Kier molecular flexibility index (Phi) is 7.70. The van der Waals surface area contributed by atoms with Gasteiger partial charge in [-0.15, -0.1) is 12.4 Å². The van der Waals surface area contributed by atoms with Gasteiger partial charge in [0.15, 0.2) is 0 Å². The summed E-state index contributed by atoms with van der Waals surface area (Å²) in [6, 6.07) is 0. The third kappa shape index (κ3) is 4.78. The minimum absolute atomic E-state index is 0. The molecule has 0 saturated carbocycles. The van der Waals surface area contributed by atoms with Gasteiger partial charge in [0.25, 0.3) is 0 Å². The summed E-state index contributed by atoms with van der Waals surface area (Å²) in [5, 5.41) is 0. The summed E-state index contributed by atoms with van der Waals surface area (Å²) in [6.45, 7) is 5.23. The van der Waals surface area contributed by atoms with Crippen LogP contribution in [0, 0.1) is 11.8 Å². The minimum Gasteiger partial charge on any atom is -0.313 e. The molecule has 2 amide bonds. The monoisotopic (exact) mass is 431 g/mol. The molecule has 0 bridgehead atoms. The summed E-state index contributed by atoms with van der Waals surface area (Å²) >= 11 is 0. The van der Waals surface area contributed by atoms with Crippen LogP contribution in [0.25, 0.3) is 0 Å². The summed E-state index contributed by atoms with van der Waals surface area (Å²) in [7, 11) is -3.68. The van der Waals surface area contributed by atoms with Crippen LogP contribution in [0.15, 0.2) is 24.0 Å². The number of halogens is 1. The number of nitrogens with zero attached hydrogens (tertiary/aromatic N) is 3. The Labute approximate surface area is 173 Å². The van der Waals surface area contributed by atoms with Gasteiger partial charge in [-0.05, 0) is 32.4 Å². The first-order chi connectivity index (χ1) is 12.8. The molecule has 3 heterocycles. The van der Waals surface area contributed by atoms with E-state index in [4.69, 9.17) is 0 Å². The maximum atomic E-state index is 12.6. The topological polar surface area (TPSA) is 78.0 Å². The first kappa shape index (κ1) is 22.9. The zero-order valence-electron chi connectivity index (χ0n) is 16.5. The Morgan fingerprint density at radius 3 is 2.54 bits per heavy atom. The van der Waals surface area contributed by atoms with Gasteiger partial charge in [-0.2, -0.15) is 0 Å². The van der Waals surface area contributed by atoms with Crippen molar-refractivity contribution < 1.29 is 18.0 Å². The molecule has 0 N–H and O–H groups in total. The van der Waals surface area contributed by atoms with E-state index in [1.807, 2.05) is 13.0 Å². The van der Waals surface area contributed by atoms with Gasteiger partial charge < -0.3 is 4.90 Å². The van der Waals surface area contributed by atoms with Crippen molar-refractivity contribution in [2.45, 2.75) is 39.0 Å². The van der Waals surface area contributed by atoms with Crippen LogP contribution >= 0.6 is 12.4 Å². The van der Waals surface area contributed by atoms with E-state index in [1.165, 1.54) is 19.3 Å². The van der Waals surface area contributed by atoms with Crippen LogP contribution in [-0.2, 0) is 19.6 Å². The van der Waals surface area contributed by atoms with E-state index in [9.17, 15) is 18.0 Å². The number of rotatable bonds is 6. The summed E-state index contributed by atoms with van der Waals surface area (Å²) in [6.07, 6.45) is 11.1. The molecule has 0 aromatic heterocycles. The van der Waals surface area contributed by atoms with Gasteiger partial charge in [0.05, 0.1) is 12.0 Å². The Morgan fingerprint density at radius 1 is 1.25 bits per heavy atom. The van der Waals surface area contributed by atoms with Crippen LogP contribution in [0.1, 0.15) is 39.0 Å². The molecule has 3 aliphatic rings. The molecular weight excluding hydrogens is 402 g/mol. The summed E-state index contributed by atoms with van der Waals surface area (Å²) < 4.78 is 25.1. The smallest absolute Gasteiger partial charge is 0.250 e. The van der Waals surface area contributed by atoms with Gasteiger partial charge in [0.1, 0.15) is 0 Å². The standard InChI is InChI=1S/C19H29N3O4S.ClH/c1-3-8-15-16-13-21(14-17(16)22(19(15)24)27(2,25)26)18(23)9-7-12-20-10-5-4-6-11-20;/h7,9,14-16H,3-6,8,10-13H2,1-2H3;1H/t15-,16-;/m1./s1. The van der Waals surface area contributed by atoms with Crippen molar-refractivity contribution >= 4 is 34.2 Å². The molecule has 2 fully saturated rings. The van der Waals surface area contributed by atoms with Gasteiger partial charge in [-0.1, -0.05) is 25.8 Å². The SMILES string of the molecule is CCC[C@H]1C(=O)N(S(C)(=O)=O)C2=CN(C(=O)C=CCN3CCCCC3)C[C@@H]21.Cl. The van der Waals surface area contributed by atoms with Crippen molar-refractivity contribution in [3.63, 3.8) is 0 Å². The predicted octanol–water partition coefficient (Wildman–Crippen LogP) is 1.97. The van der Waals surface area contributed by atoms with E-state index in [0.717, 1.165) is 36.6 Å². The minimum atomic E-state index is -3.68. The number of hydrogen-bond acceptors (Lipinski definition) is 5. The first-order valence-electron chi connectivity index (χ1n) is 9.78. The van der Waals surface area contributed by atoms with E-state index < -0.39 is 10.0 Å². The number of hydrogen-bond donors (Lipinski definition) is 0. The van der Waals surface area contributed by atoms with Crippen LogP contribution in [-0.4, -0.2) is 66.8 Å². The van der Waals surface area contributed by atoms with Crippen molar-refractivity contribution in [2.24, 2.45) is 11.8 Å². The second-order valence-electron chi connectivity index (χ2n) is 7.68. The Balaban J connectivity index is 0.00000280. The fourth-order valence-electron chi connectivity index (χ4n) is 4.28. The molecule has 0 aromatic rings. The highest BCUT2D eigenvalue weighted by Gasteiger charge is 2.51. The van der Waals surface area contributed by atoms with Gasteiger partial charge in [-0.3, -0.25) is 14.5 Å². The van der Waals surface area contributed by atoms with Crippen molar-refractivity contribution in [1.82, 2.24) is 14.1 Å². The van der Waals surface area contributed by atoms with Gasteiger partial charge in [0, 0.05) is 37.2 Å². The second-order valence-corrected chi connectivity index (χ2v) is 9.51. The quantitative estimate of drug-likeness (QED) is 0.601. The molecule has 7 nitrogen and oxygen atoms in total. The molecule has 3 rings (SSSR count). The molecule has 0 aromatic carbocycles. The van der Waals surface area contributed by atoms with E-state index >= 15 is 0 Å². The van der Waals surface area contributed by atoms with Gasteiger partial charge in [0.2, 0.25) is 21.8 Å². The van der Waals surface area contributed by atoms with Crippen LogP contribution in [0.5, 0.6) is 0 Å². The number of sulfonamides is 1. The number of piperidine rings is 1. The number of carbonyl (C=O) groups excluding carboxylic acids is 2. The molecule has 0 aliphatic carbocycles. The number of amides is 2. The third-order valence-corrected chi connectivity index (χ3v) is 6.64. The molecular formula is C19H30ClN3O4S. The van der Waals surface area contributed by atoms with E-state index in [0.29, 0.717) is 18.7 Å². The molecule has 0 spiro atoms. The van der Waals surface area contributed by atoms with E-state index in [1.54, 1.807) is 17.2 Å². The van der Waals surface area contributed by atoms with Crippen molar-refractivity contribution in [3.8, 4) is 0 Å². The average Bonchev–Trinajstić information content (AvgIpc) is 3.13. The maximum absolute atomic E-state index is 12.6. The molecule has 0 unspecified atom stereocenters. The zero-order chi connectivity index (χ0) is 19.6. The van der Waals surface area contributed by atoms with Crippen LogP contribution in [0.3, 0.4) is 0 Å². The van der Waals surface area contributed by atoms with Crippen LogP contribution in [0.2, 0.25) is 0 Å². The number of likely N-dealkylation sites (tertiary alicyclic amines) is 1. The lowest BCUT2D eigenvalue weighted by Crippen LogP contribution is -2.34. The molecule has 0 radical (unpaired) electrons. The Bertz CT molecular complexity index is 759. The highest BCUT2D eigenvalue weighted by atomic mass is 35.5. The fraction of sp³-hybridized carbons (Fsp3) is 0.684. The molecule has 2 saturated heterocycles. The molecule has 158 valence electrons. The maximum Gasteiger partial charge on any atom is 0.250 e. The van der Waals surface area contributed by atoms with Crippen molar-refractivity contribution in [3.05, 3.63) is 24.0 Å².